The number of aromatic nitrogens is 2. The van der Waals surface area contributed by atoms with E-state index in [0.717, 1.165) is 21.7 Å². The summed E-state index contributed by atoms with van der Waals surface area (Å²) in [6, 6.07) is 15.0. The van der Waals surface area contributed by atoms with Gasteiger partial charge < -0.3 is 10.6 Å². The van der Waals surface area contributed by atoms with Crippen molar-refractivity contribution in [2.75, 3.05) is 5.32 Å². The zero-order valence-corrected chi connectivity index (χ0v) is 18.1. The van der Waals surface area contributed by atoms with Gasteiger partial charge in [-0.25, -0.2) is 0 Å². The molecule has 0 saturated heterocycles. The van der Waals surface area contributed by atoms with Crippen molar-refractivity contribution in [3.05, 3.63) is 65.2 Å². The highest BCUT2D eigenvalue weighted by Crippen LogP contribution is 2.33. The van der Waals surface area contributed by atoms with E-state index in [-0.39, 0.29) is 5.91 Å². The molecule has 0 aliphatic rings. The third-order valence-electron chi connectivity index (χ3n) is 3.91. The molecule has 0 saturated carbocycles. The zero-order chi connectivity index (χ0) is 20.3. The molecule has 1 heterocycles. The molecule has 1 atom stereocenters. The van der Waals surface area contributed by atoms with Gasteiger partial charge in [0, 0.05) is 11.1 Å². The lowest BCUT2D eigenvalue weighted by atomic mass is 10.1. The smallest absolute Gasteiger partial charge is 0.252 e. The van der Waals surface area contributed by atoms with E-state index >= 15 is 0 Å². The summed E-state index contributed by atoms with van der Waals surface area (Å²) in [4.78, 5) is 12.5. The van der Waals surface area contributed by atoms with Crippen molar-refractivity contribution < 1.29 is 4.79 Å². The largest absolute Gasteiger partial charge is 0.336 e. The van der Waals surface area contributed by atoms with Gasteiger partial charge in [0.1, 0.15) is 11.2 Å². The molecule has 5 nitrogen and oxygen atoms in total. The van der Waals surface area contributed by atoms with Crippen molar-refractivity contribution >= 4 is 57.2 Å². The summed E-state index contributed by atoms with van der Waals surface area (Å²) in [5.74, 6) is -0.368. The summed E-state index contributed by atoms with van der Waals surface area (Å²) in [6.45, 7) is 3.95. The molecule has 1 aromatic heterocycles. The molecule has 9 heteroatoms. The van der Waals surface area contributed by atoms with Crippen LogP contribution in [0.25, 0.3) is 10.6 Å². The van der Waals surface area contributed by atoms with Crippen LogP contribution in [0.2, 0.25) is 0 Å². The average molecular weight is 456 g/mol. The van der Waals surface area contributed by atoms with Crippen LogP contribution in [0.5, 0.6) is 0 Å². The maximum absolute atomic E-state index is 12.5. The summed E-state index contributed by atoms with van der Waals surface area (Å²) in [5, 5.41) is 15.0. The van der Waals surface area contributed by atoms with Crippen molar-refractivity contribution in [3.8, 4) is 10.6 Å². The van der Waals surface area contributed by atoms with Gasteiger partial charge in [0.2, 0.25) is 8.92 Å². The molecular formula is C19H17Cl3N4OS. The Morgan fingerprint density at radius 3 is 2.11 bits per heavy atom. The Bertz CT molecular complexity index is 953. The van der Waals surface area contributed by atoms with Crippen molar-refractivity contribution in [1.82, 2.24) is 15.5 Å². The van der Waals surface area contributed by atoms with E-state index in [1.807, 2.05) is 50.2 Å². The summed E-state index contributed by atoms with van der Waals surface area (Å²) in [6.07, 6.45) is -0.995. The van der Waals surface area contributed by atoms with Gasteiger partial charge in [-0.15, -0.1) is 10.2 Å². The van der Waals surface area contributed by atoms with E-state index < -0.39 is 9.96 Å². The number of rotatable bonds is 5. The normalized spacial score (nSPS) is 12.5. The monoisotopic (exact) mass is 454 g/mol. The predicted octanol–water partition coefficient (Wildman–Crippen LogP) is 5.36. The molecule has 28 heavy (non-hydrogen) atoms. The summed E-state index contributed by atoms with van der Waals surface area (Å²) in [5.41, 5.74) is 3.60. The fraction of sp³-hybridized carbons (Fsp3) is 0.211. The van der Waals surface area contributed by atoms with Crippen LogP contribution in [-0.2, 0) is 0 Å². The summed E-state index contributed by atoms with van der Waals surface area (Å²) in [7, 11) is 0. The Hall–Kier alpha value is -1.86. The first-order valence-corrected chi connectivity index (χ1v) is 10.3. The van der Waals surface area contributed by atoms with Gasteiger partial charge in [-0.1, -0.05) is 93.7 Å². The molecule has 3 rings (SSSR count). The van der Waals surface area contributed by atoms with Gasteiger partial charge in [0.15, 0.2) is 0 Å². The number of anilines is 1. The molecule has 1 unspecified atom stereocenters. The minimum Gasteiger partial charge on any atom is -0.336 e. The van der Waals surface area contributed by atoms with E-state index in [1.165, 1.54) is 11.3 Å². The molecule has 146 valence electrons. The van der Waals surface area contributed by atoms with Crippen LogP contribution in [0.1, 0.15) is 21.5 Å². The third-order valence-corrected chi connectivity index (χ3v) is 5.47. The lowest BCUT2D eigenvalue weighted by Gasteiger charge is -2.26. The molecule has 0 aliphatic carbocycles. The number of carbonyl (C=O) groups excluding carboxylic acids is 1. The van der Waals surface area contributed by atoms with E-state index in [2.05, 4.69) is 20.8 Å². The van der Waals surface area contributed by atoms with E-state index in [9.17, 15) is 4.79 Å². The number of halogens is 3. The van der Waals surface area contributed by atoms with Gasteiger partial charge >= 0.3 is 0 Å². The van der Waals surface area contributed by atoms with Crippen molar-refractivity contribution in [3.63, 3.8) is 0 Å². The van der Waals surface area contributed by atoms with E-state index in [0.29, 0.717) is 10.7 Å². The third kappa shape index (κ3) is 5.35. The first kappa shape index (κ1) is 20.9. The molecule has 0 bridgehead atoms. The molecule has 0 aliphatic heterocycles. The molecule has 0 fully saturated rings. The Morgan fingerprint density at radius 2 is 1.54 bits per heavy atom. The van der Waals surface area contributed by atoms with Crippen LogP contribution in [0, 0.1) is 13.8 Å². The second-order valence-electron chi connectivity index (χ2n) is 6.24. The second kappa shape index (κ2) is 8.66. The highest BCUT2D eigenvalue weighted by atomic mass is 35.6. The maximum Gasteiger partial charge on any atom is 0.252 e. The van der Waals surface area contributed by atoms with E-state index in [4.69, 9.17) is 34.8 Å². The van der Waals surface area contributed by atoms with Crippen LogP contribution < -0.4 is 10.6 Å². The quantitative estimate of drug-likeness (QED) is 0.401. The Kier molecular flexibility index (Phi) is 6.45. The van der Waals surface area contributed by atoms with Crippen LogP contribution in [0.4, 0.5) is 5.13 Å². The Morgan fingerprint density at radius 1 is 0.964 bits per heavy atom. The Balaban J connectivity index is 1.75. The number of aryl methyl sites for hydroxylation is 2. The molecule has 0 spiro atoms. The molecule has 0 radical (unpaired) electrons. The topological polar surface area (TPSA) is 66.9 Å². The molecule has 3 aromatic rings. The minimum atomic E-state index is -1.80. The second-order valence-corrected chi connectivity index (χ2v) is 9.58. The van der Waals surface area contributed by atoms with Crippen molar-refractivity contribution in [2.24, 2.45) is 0 Å². The van der Waals surface area contributed by atoms with Crippen molar-refractivity contribution in [2.45, 2.75) is 23.8 Å². The predicted molar refractivity (Wildman–Crippen MR) is 116 cm³/mol. The number of nitrogens with one attached hydrogen (secondary N) is 2. The van der Waals surface area contributed by atoms with Gasteiger partial charge in [-0.3, -0.25) is 4.79 Å². The van der Waals surface area contributed by atoms with Crippen LogP contribution >= 0.6 is 46.1 Å². The first-order valence-electron chi connectivity index (χ1n) is 8.34. The summed E-state index contributed by atoms with van der Waals surface area (Å²) >= 11 is 19.5. The van der Waals surface area contributed by atoms with Gasteiger partial charge in [-0.05, 0) is 26.0 Å². The fourth-order valence-electron chi connectivity index (χ4n) is 2.34. The first-order chi connectivity index (χ1) is 13.2. The highest BCUT2D eigenvalue weighted by Gasteiger charge is 2.35. The number of benzene rings is 2. The van der Waals surface area contributed by atoms with Crippen molar-refractivity contribution in [1.29, 1.82) is 0 Å². The Labute approximate surface area is 182 Å². The lowest BCUT2D eigenvalue weighted by Crippen LogP contribution is -2.49. The standard InChI is InChI=1S/C19H17Cl3N4OS/c1-11-3-7-13(8-4-11)15(27)23-17(19(20,21)22)24-18-26-25-16(28-18)14-9-5-12(2)6-10-14/h3-10,17H,1-2H3,(H,23,27)(H,24,26). The zero-order valence-electron chi connectivity index (χ0n) is 15.0. The molecule has 2 aromatic carbocycles. The molecular weight excluding hydrogens is 439 g/mol. The molecule has 2 N–H and O–H groups in total. The average Bonchev–Trinajstić information content (AvgIpc) is 3.10. The maximum atomic E-state index is 12.5. The number of hydrogen-bond donors (Lipinski definition) is 2. The van der Waals surface area contributed by atoms with Gasteiger partial charge in [0.05, 0.1) is 0 Å². The van der Waals surface area contributed by atoms with Gasteiger partial charge in [0.25, 0.3) is 5.91 Å². The number of carbonyl (C=O) groups is 1. The number of amides is 1. The molecule has 1 amide bonds. The number of hydrogen-bond acceptors (Lipinski definition) is 5. The summed E-state index contributed by atoms with van der Waals surface area (Å²) < 4.78 is -1.80. The van der Waals surface area contributed by atoms with Gasteiger partial charge in [-0.2, -0.15) is 0 Å². The number of alkyl halides is 3. The SMILES string of the molecule is Cc1ccc(C(=O)NC(Nc2nnc(-c3ccc(C)cc3)s2)C(Cl)(Cl)Cl)cc1. The fourth-order valence-corrected chi connectivity index (χ4v) is 3.44. The highest BCUT2D eigenvalue weighted by molar-refractivity contribution is 7.18. The lowest BCUT2D eigenvalue weighted by molar-refractivity contribution is 0.0942. The van der Waals surface area contributed by atoms with Crippen LogP contribution in [0.3, 0.4) is 0 Å². The minimum absolute atomic E-state index is 0.368. The van der Waals surface area contributed by atoms with Crippen LogP contribution in [0.15, 0.2) is 48.5 Å². The number of nitrogens with zero attached hydrogens (tertiary/aromatic N) is 2. The van der Waals surface area contributed by atoms with E-state index in [1.54, 1.807) is 12.1 Å². The van der Waals surface area contributed by atoms with Crippen LogP contribution in [-0.4, -0.2) is 26.1 Å².